The van der Waals surface area contributed by atoms with Crippen LogP contribution in [-0.2, 0) is 6.54 Å². The van der Waals surface area contributed by atoms with Crippen LogP contribution in [0.25, 0.3) is 0 Å². The Morgan fingerprint density at radius 3 is 2.42 bits per heavy atom. The molecule has 0 aliphatic rings. The minimum atomic E-state index is -0.555. The highest BCUT2D eigenvalue weighted by Gasteiger charge is 2.10. The van der Waals surface area contributed by atoms with Gasteiger partial charge in [-0.3, -0.25) is 4.79 Å². The average molecular weight is 391 g/mol. The topological polar surface area (TPSA) is 66.9 Å². The fraction of sp³-hybridized carbons (Fsp3) is 0.0556. The molecule has 0 unspecified atom stereocenters. The van der Waals surface area contributed by atoms with Gasteiger partial charge in [-0.05, 0) is 48.0 Å². The first-order chi connectivity index (χ1) is 12.5. The van der Waals surface area contributed by atoms with Crippen LogP contribution in [0.1, 0.15) is 16.1 Å². The van der Waals surface area contributed by atoms with Crippen LogP contribution in [0.5, 0.6) is 0 Å². The van der Waals surface area contributed by atoms with Crippen molar-refractivity contribution in [3.63, 3.8) is 0 Å². The van der Waals surface area contributed by atoms with Gasteiger partial charge in [0.25, 0.3) is 5.91 Å². The van der Waals surface area contributed by atoms with Crippen LogP contribution in [-0.4, -0.2) is 16.1 Å². The van der Waals surface area contributed by atoms with Crippen molar-refractivity contribution >= 4 is 40.6 Å². The molecule has 26 heavy (non-hydrogen) atoms. The third kappa shape index (κ3) is 4.68. The fourth-order valence-electron chi connectivity index (χ4n) is 2.11. The standard InChI is InChI=1S/C18H13Cl2FN4O/c19-12-3-1-11(2-4-12)10-22-17-8-7-16(24-25-17)18(26)23-13-5-6-15(21)14(20)9-13/h1-9H,10H2,(H,22,25)(H,23,26). The Labute approximate surface area is 159 Å². The molecule has 2 aromatic carbocycles. The maximum absolute atomic E-state index is 13.1. The average Bonchev–Trinajstić information content (AvgIpc) is 2.65. The van der Waals surface area contributed by atoms with Gasteiger partial charge in [-0.1, -0.05) is 35.3 Å². The lowest BCUT2D eigenvalue weighted by atomic mass is 10.2. The molecule has 0 bridgehead atoms. The summed E-state index contributed by atoms with van der Waals surface area (Å²) >= 11 is 11.5. The van der Waals surface area contributed by atoms with Gasteiger partial charge in [-0.2, -0.15) is 0 Å². The van der Waals surface area contributed by atoms with Crippen LogP contribution >= 0.6 is 23.2 Å². The Morgan fingerprint density at radius 2 is 1.77 bits per heavy atom. The van der Waals surface area contributed by atoms with E-state index in [1.807, 2.05) is 12.1 Å². The monoisotopic (exact) mass is 390 g/mol. The molecule has 1 aromatic heterocycles. The largest absolute Gasteiger partial charge is 0.365 e. The second-order valence-electron chi connectivity index (χ2n) is 5.37. The van der Waals surface area contributed by atoms with Crippen molar-refractivity contribution in [2.75, 3.05) is 10.6 Å². The van der Waals surface area contributed by atoms with Crippen molar-refractivity contribution in [1.82, 2.24) is 10.2 Å². The Kier molecular flexibility index (Phi) is 5.65. The summed E-state index contributed by atoms with van der Waals surface area (Å²) in [5, 5.41) is 14.1. The molecule has 0 radical (unpaired) electrons. The first-order valence-corrected chi connectivity index (χ1v) is 8.35. The van der Waals surface area contributed by atoms with E-state index in [4.69, 9.17) is 23.2 Å². The third-order valence-electron chi connectivity index (χ3n) is 3.46. The molecular weight excluding hydrogens is 378 g/mol. The molecule has 132 valence electrons. The number of hydrogen-bond donors (Lipinski definition) is 2. The first-order valence-electron chi connectivity index (χ1n) is 7.60. The smallest absolute Gasteiger partial charge is 0.276 e. The summed E-state index contributed by atoms with van der Waals surface area (Å²) in [6.07, 6.45) is 0. The van der Waals surface area contributed by atoms with Gasteiger partial charge in [-0.15, -0.1) is 10.2 Å². The predicted molar refractivity (Wildman–Crippen MR) is 100 cm³/mol. The summed E-state index contributed by atoms with van der Waals surface area (Å²) in [6.45, 7) is 0.547. The molecule has 3 aromatic rings. The number of hydrogen-bond acceptors (Lipinski definition) is 4. The zero-order valence-electron chi connectivity index (χ0n) is 13.3. The van der Waals surface area contributed by atoms with Crippen LogP contribution in [0.4, 0.5) is 15.9 Å². The van der Waals surface area contributed by atoms with E-state index < -0.39 is 11.7 Å². The lowest BCUT2D eigenvalue weighted by Gasteiger charge is -2.07. The molecule has 1 heterocycles. The molecule has 0 spiro atoms. The van der Waals surface area contributed by atoms with Crippen molar-refractivity contribution in [2.24, 2.45) is 0 Å². The lowest BCUT2D eigenvalue weighted by molar-refractivity contribution is 0.102. The molecule has 0 saturated heterocycles. The summed E-state index contributed by atoms with van der Waals surface area (Å²) in [5.74, 6) is -0.494. The predicted octanol–water partition coefficient (Wildman–Crippen LogP) is 4.79. The fourth-order valence-corrected chi connectivity index (χ4v) is 2.42. The van der Waals surface area contributed by atoms with Gasteiger partial charge < -0.3 is 10.6 Å². The van der Waals surface area contributed by atoms with Crippen LogP contribution in [0, 0.1) is 5.82 Å². The van der Waals surface area contributed by atoms with Crippen LogP contribution in [0.15, 0.2) is 54.6 Å². The number of nitrogens with zero attached hydrogens (tertiary/aromatic N) is 2. The summed E-state index contributed by atoms with van der Waals surface area (Å²) < 4.78 is 13.1. The van der Waals surface area contributed by atoms with E-state index in [1.54, 1.807) is 18.2 Å². The van der Waals surface area contributed by atoms with Gasteiger partial charge in [0, 0.05) is 17.3 Å². The number of carbonyl (C=O) groups is 1. The van der Waals surface area contributed by atoms with Crippen molar-refractivity contribution in [1.29, 1.82) is 0 Å². The normalized spacial score (nSPS) is 10.4. The van der Waals surface area contributed by atoms with E-state index in [1.165, 1.54) is 24.3 Å². The molecule has 0 aliphatic carbocycles. The highest BCUT2D eigenvalue weighted by molar-refractivity contribution is 6.31. The SMILES string of the molecule is O=C(Nc1ccc(F)c(Cl)c1)c1ccc(NCc2ccc(Cl)cc2)nn1. The molecule has 0 aliphatic heterocycles. The summed E-state index contributed by atoms with van der Waals surface area (Å²) in [5.41, 5.74) is 1.53. The second kappa shape index (κ2) is 8.12. The van der Waals surface area contributed by atoms with Gasteiger partial charge in [-0.25, -0.2) is 4.39 Å². The van der Waals surface area contributed by atoms with Crippen molar-refractivity contribution < 1.29 is 9.18 Å². The molecule has 8 heteroatoms. The Balaban J connectivity index is 1.60. The lowest BCUT2D eigenvalue weighted by Crippen LogP contribution is -2.15. The molecule has 5 nitrogen and oxygen atoms in total. The van der Waals surface area contributed by atoms with E-state index in [-0.39, 0.29) is 10.7 Å². The van der Waals surface area contributed by atoms with Gasteiger partial charge in [0.2, 0.25) is 0 Å². The van der Waals surface area contributed by atoms with Gasteiger partial charge in [0.05, 0.1) is 5.02 Å². The minimum absolute atomic E-state index is 0.0735. The molecule has 0 atom stereocenters. The number of carbonyl (C=O) groups excluding carboxylic acids is 1. The van der Waals surface area contributed by atoms with E-state index in [2.05, 4.69) is 20.8 Å². The zero-order valence-corrected chi connectivity index (χ0v) is 14.9. The first kappa shape index (κ1) is 18.1. The van der Waals surface area contributed by atoms with Crippen LogP contribution in [0.2, 0.25) is 10.0 Å². The molecule has 3 rings (SSSR count). The van der Waals surface area contributed by atoms with Gasteiger partial charge >= 0.3 is 0 Å². The van der Waals surface area contributed by atoms with Gasteiger partial charge in [0.15, 0.2) is 5.69 Å². The number of amides is 1. The Bertz CT molecular complexity index is 917. The second-order valence-corrected chi connectivity index (χ2v) is 6.21. The minimum Gasteiger partial charge on any atom is -0.365 e. The Hall–Kier alpha value is -2.70. The zero-order chi connectivity index (χ0) is 18.5. The molecular formula is C18H13Cl2FN4O. The maximum Gasteiger partial charge on any atom is 0.276 e. The summed E-state index contributed by atoms with van der Waals surface area (Å²) in [7, 11) is 0. The molecule has 1 amide bonds. The number of anilines is 2. The Morgan fingerprint density at radius 1 is 1.00 bits per heavy atom. The number of nitrogens with one attached hydrogen (secondary N) is 2. The highest BCUT2D eigenvalue weighted by atomic mass is 35.5. The van der Waals surface area contributed by atoms with E-state index in [0.717, 1.165) is 5.56 Å². The molecule has 0 fully saturated rings. The van der Waals surface area contributed by atoms with Gasteiger partial charge in [0.1, 0.15) is 11.6 Å². The third-order valence-corrected chi connectivity index (χ3v) is 4.00. The van der Waals surface area contributed by atoms with Crippen molar-refractivity contribution in [3.8, 4) is 0 Å². The molecule has 0 saturated carbocycles. The van der Waals surface area contributed by atoms with E-state index >= 15 is 0 Å². The van der Waals surface area contributed by atoms with Crippen LogP contribution < -0.4 is 10.6 Å². The number of rotatable bonds is 5. The van der Waals surface area contributed by atoms with Crippen LogP contribution in [0.3, 0.4) is 0 Å². The maximum atomic E-state index is 13.1. The number of halogens is 3. The number of aromatic nitrogens is 2. The van der Waals surface area contributed by atoms with Crippen molar-refractivity contribution in [2.45, 2.75) is 6.54 Å². The van der Waals surface area contributed by atoms with E-state index in [9.17, 15) is 9.18 Å². The summed E-state index contributed by atoms with van der Waals surface area (Å²) in [4.78, 5) is 12.1. The number of benzene rings is 2. The van der Waals surface area contributed by atoms with Crippen molar-refractivity contribution in [3.05, 3.63) is 81.7 Å². The highest BCUT2D eigenvalue weighted by Crippen LogP contribution is 2.19. The molecule has 2 N–H and O–H groups in total. The summed E-state index contributed by atoms with van der Waals surface area (Å²) in [6, 6.07) is 14.5. The van der Waals surface area contributed by atoms with E-state index in [0.29, 0.717) is 23.1 Å². The quantitative estimate of drug-likeness (QED) is 0.657.